The third kappa shape index (κ3) is 4.27. The minimum absolute atomic E-state index is 0.149. The Hall–Kier alpha value is -0.450. The minimum Gasteiger partial charge on any atom is -0.383 e. The number of halogens is 2. The predicted octanol–water partition coefficient (Wildman–Crippen LogP) is 3.93. The van der Waals surface area contributed by atoms with E-state index in [9.17, 15) is 4.39 Å². The first kappa shape index (κ1) is 15.9. The average molecular weight is 344 g/mol. The van der Waals surface area contributed by atoms with Crippen LogP contribution in [0.3, 0.4) is 0 Å². The Kier molecular flexibility index (Phi) is 6.00. The Labute approximate surface area is 129 Å². The maximum atomic E-state index is 13.4. The van der Waals surface area contributed by atoms with Crippen LogP contribution in [0.2, 0.25) is 0 Å². The lowest BCUT2D eigenvalue weighted by molar-refractivity contribution is 0.189. The van der Waals surface area contributed by atoms with E-state index in [1.165, 1.54) is 31.7 Å². The first-order valence-corrected chi connectivity index (χ1v) is 8.08. The summed E-state index contributed by atoms with van der Waals surface area (Å²) in [5, 5.41) is 3.49. The fourth-order valence-electron chi connectivity index (χ4n) is 3.15. The monoisotopic (exact) mass is 343 g/mol. The summed E-state index contributed by atoms with van der Waals surface area (Å²) in [4.78, 5) is 0. The number of hydrogen-bond donors (Lipinski definition) is 1. The topological polar surface area (TPSA) is 21.3 Å². The van der Waals surface area contributed by atoms with Gasteiger partial charge in [0.05, 0.1) is 6.61 Å². The molecule has 1 saturated carbocycles. The number of nitrogens with one attached hydrogen (secondary N) is 1. The van der Waals surface area contributed by atoms with Gasteiger partial charge in [0.15, 0.2) is 0 Å². The molecule has 2 nitrogen and oxygen atoms in total. The SMILES string of the molecule is COCCNCC1(Cc2cc(F)ccc2Br)CCCC1. The lowest BCUT2D eigenvalue weighted by Gasteiger charge is -2.30. The molecule has 1 aliphatic rings. The molecule has 0 atom stereocenters. The van der Waals surface area contributed by atoms with Gasteiger partial charge in [0.2, 0.25) is 0 Å². The van der Waals surface area contributed by atoms with Gasteiger partial charge in [0.25, 0.3) is 0 Å². The molecule has 1 aromatic carbocycles. The molecule has 1 aromatic rings. The zero-order valence-corrected chi connectivity index (χ0v) is 13.6. The Bertz CT molecular complexity index is 432. The quantitative estimate of drug-likeness (QED) is 0.757. The molecule has 20 heavy (non-hydrogen) atoms. The van der Waals surface area contributed by atoms with Crippen LogP contribution in [0.1, 0.15) is 31.2 Å². The molecule has 0 bridgehead atoms. The number of rotatable bonds is 7. The molecule has 1 fully saturated rings. The Morgan fingerprint density at radius 2 is 2.10 bits per heavy atom. The van der Waals surface area contributed by atoms with Gasteiger partial charge < -0.3 is 10.1 Å². The van der Waals surface area contributed by atoms with Crippen molar-refractivity contribution in [1.29, 1.82) is 0 Å². The van der Waals surface area contributed by atoms with Crippen molar-refractivity contribution in [3.63, 3.8) is 0 Å². The number of hydrogen-bond acceptors (Lipinski definition) is 2. The van der Waals surface area contributed by atoms with E-state index in [1.54, 1.807) is 13.2 Å². The van der Waals surface area contributed by atoms with Crippen molar-refractivity contribution >= 4 is 15.9 Å². The number of ether oxygens (including phenoxy) is 1. The summed E-state index contributed by atoms with van der Waals surface area (Å²) < 4.78 is 19.5. The molecule has 1 N–H and O–H groups in total. The third-order valence-electron chi connectivity index (χ3n) is 4.22. The van der Waals surface area contributed by atoms with Gasteiger partial charge in [-0.2, -0.15) is 0 Å². The van der Waals surface area contributed by atoms with Gasteiger partial charge in [0.1, 0.15) is 5.82 Å². The highest BCUT2D eigenvalue weighted by atomic mass is 79.9. The van der Waals surface area contributed by atoms with Gasteiger partial charge in [-0.1, -0.05) is 28.8 Å². The van der Waals surface area contributed by atoms with Crippen LogP contribution in [0.5, 0.6) is 0 Å². The van der Waals surface area contributed by atoms with Gasteiger partial charge in [-0.15, -0.1) is 0 Å². The Morgan fingerprint density at radius 1 is 1.35 bits per heavy atom. The molecule has 1 aliphatic carbocycles. The molecular formula is C16H23BrFNO. The molecule has 0 radical (unpaired) electrons. The number of benzene rings is 1. The Balaban J connectivity index is 2.02. The van der Waals surface area contributed by atoms with Crippen LogP contribution in [0.4, 0.5) is 4.39 Å². The molecule has 0 aliphatic heterocycles. The molecule has 0 aromatic heterocycles. The second-order valence-corrected chi connectivity index (χ2v) is 6.64. The van der Waals surface area contributed by atoms with E-state index in [0.717, 1.165) is 36.2 Å². The highest BCUT2D eigenvalue weighted by Crippen LogP contribution is 2.41. The molecule has 0 amide bonds. The zero-order valence-electron chi connectivity index (χ0n) is 12.1. The molecule has 0 heterocycles. The predicted molar refractivity (Wildman–Crippen MR) is 83.5 cm³/mol. The summed E-state index contributed by atoms with van der Waals surface area (Å²) in [7, 11) is 1.72. The Morgan fingerprint density at radius 3 is 2.80 bits per heavy atom. The average Bonchev–Trinajstić information content (AvgIpc) is 2.88. The van der Waals surface area contributed by atoms with Crippen LogP contribution in [0.15, 0.2) is 22.7 Å². The van der Waals surface area contributed by atoms with Crippen LogP contribution < -0.4 is 5.32 Å². The van der Waals surface area contributed by atoms with Gasteiger partial charge in [-0.25, -0.2) is 4.39 Å². The van der Waals surface area contributed by atoms with Crippen molar-refractivity contribution < 1.29 is 9.13 Å². The van der Waals surface area contributed by atoms with Gasteiger partial charge in [-0.3, -0.25) is 0 Å². The summed E-state index contributed by atoms with van der Waals surface area (Å²) in [6.45, 7) is 2.60. The molecule has 0 saturated heterocycles. The van der Waals surface area contributed by atoms with Crippen molar-refractivity contribution in [3.8, 4) is 0 Å². The van der Waals surface area contributed by atoms with Crippen molar-refractivity contribution in [2.45, 2.75) is 32.1 Å². The smallest absolute Gasteiger partial charge is 0.123 e. The summed E-state index contributed by atoms with van der Waals surface area (Å²) in [5.74, 6) is -0.149. The normalized spacial score (nSPS) is 17.6. The van der Waals surface area contributed by atoms with Crippen LogP contribution >= 0.6 is 15.9 Å². The summed E-state index contributed by atoms with van der Waals surface area (Å²) in [6, 6.07) is 4.98. The molecular weight excluding hydrogens is 321 g/mol. The fraction of sp³-hybridized carbons (Fsp3) is 0.625. The van der Waals surface area contributed by atoms with Gasteiger partial charge in [-0.05, 0) is 48.4 Å². The largest absolute Gasteiger partial charge is 0.383 e. The van der Waals surface area contributed by atoms with Crippen LogP contribution in [-0.2, 0) is 11.2 Å². The molecule has 112 valence electrons. The maximum Gasteiger partial charge on any atom is 0.123 e. The second-order valence-electron chi connectivity index (χ2n) is 5.79. The van der Waals surface area contributed by atoms with Crippen molar-refractivity contribution in [1.82, 2.24) is 5.32 Å². The van der Waals surface area contributed by atoms with Crippen molar-refractivity contribution in [2.24, 2.45) is 5.41 Å². The molecule has 0 spiro atoms. The summed E-state index contributed by atoms with van der Waals surface area (Å²) >= 11 is 3.55. The molecule has 0 unspecified atom stereocenters. The lowest BCUT2D eigenvalue weighted by Crippen LogP contribution is -2.35. The first-order chi connectivity index (χ1) is 9.65. The molecule has 2 rings (SSSR count). The molecule has 4 heteroatoms. The van der Waals surface area contributed by atoms with Gasteiger partial charge >= 0.3 is 0 Å². The van der Waals surface area contributed by atoms with E-state index in [2.05, 4.69) is 21.2 Å². The highest BCUT2D eigenvalue weighted by molar-refractivity contribution is 9.10. The fourth-order valence-corrected chi connectivity index (χ4v) is 3.54. The van der Waals surface area contributed by atoms with Crippen molar-refractivity contribution in [3.05, 3.63) is 34.1 Å². The summed E-state index contributed by atoms with van der Waals surface area (Å²) in [5.41, 5.74) is 1.35. The van der Waals surface area contributed by atoms with Gasteiger partial charge in [0, 0.05) is 24.7 Å². The van der Waals surface area contributed by atoms with E-state index in [0.29, 0.717) is 0 Å². The minimum atomic E-state index is -0.149. The highest BCUT2D eigenvalue weighted by Gasteiger charge is 2.34. The van der Waals surface area contributed by atoms with Crippen molar-refractivity contribution in [2.75, 3.05) is 26.8 Å². The lowest BCUT2D eigenvalue weighted by atomic mass is 9.80. The van der Waals surface area contributed by atoms with E-state index < -0.39 is 0 Å². The van der Waals surface area contributed by atoms with E-state index in [1.807, 2.05) is 6.07 Å². The third-order valence-corrected chi connectivity index (χ3v) is 4.99. The van der Waals surface area contributed by atoms with Crippen LogP contribution in [0, 0.1) is 11.2 Å². The second kappa shape index (κ2) is 7.53. The number of methoxy groups -OCH3 is 1. The maximum absolute atomic E-state index is 13.4. The summed E-state index contributed by atoms with van der Waals surface area (Å²) in [6.07, 6.45) is 5.93. The zero-order chi connectivity index (χ0) is 14.4. The van der Waals surface area contributed by atoms with E-state index in [4.69, 9.17) is 4.74 Å². The first-order valence-electron chi connectivity index (χ1n) is 7.29. The standard InChI is InChI=1S/C16H23BrFNO/c1-20-9-8-19-12-16(6-2-3-7-16)11-13-10-14(18)4-5-15(13)17/h4-5,10,19H,2-3,6-9,11-12H2,1H3. The van der Waals surface area contributed by atoms with Crippen LogP contribution in [0.25, 0.3) is 0 Å². The van der Waals surface area contributed by atoms with E-state index >= 15 is 0 Å². The van der Waals surface area contributed by atoms with Crippen LogP contribution in [-0.4, -0.2) is 26.8 Å². The van der Waals surface area contributed by atoms with E-state index in [-0.39, 0.29) is 11.2 Å².